The molecule has 5 heteroatoms. The molecule has 1 saturated carbocycles. The van der Waals surface area contributed by atoms with Gasteiger partial charge in [0, 0.05) is 5.69 Å². The third-order valence-electron chi connectivity index (χ3n) is 5.54. The Kier molecular flexibility index (Phi) is 3.94. The monoisotopic (exact) mass is 351 g/mol. The molecule has 0 atom stereocenters. The molecule has 1 amide bonds. The quantitative estimate of drug-likeness (QED) is 0.879. The summed E-state index contributed by atoms with van der Waals surface area (Å²) in [5, 5.41) is 12.2. The molecule has 2 N–H and O–H groups in total. The number of ether oxygens (including phenoxy) is 1. The van der Waals surface area contributed by atoms with Gasteiger partial charge in [-0.05, 0) is 74.1 Å². The van der Waals surface area contributed by atoms with E-state index in [1.165, 1.54) is 6.07 Å². The summed E-state index contributed by atoms with van der Waals surface area (Å²) in [6.45, 7) is 2.03. The van der Waals surface area contributed by atoms with Crippen molar-refractivity contribution < 1.29 is 19.4 Å². The lowest BCUT2D eigenvalue weighted by molar-refractivity contribution is -0.122. The van der Waals surface area contributed by atoms with E-state index in [4.69, 9.17) is 4.74 Å². The molecule has 0 saturated heterocycles. The Bertz CT molecular complexity index is 881. The number of aromatic carboxylic acids is 1. The van der Waals surface area contributed by atoms with E-state index in [0.717, 1.165) is 35.4 Å². The molecular weight excluding hydrogens is 330 g/mol. The van der Waals surface area contributed by atoms with E-state index in [9.17, 15) is 14.7 Å². The Morgan fingerprint density at radius 2 is 1.96 bits per heavy atom. The van der Waals surface area contributed by atoms with Crippen LogP contribution in [-0.4, -0.2) is 23.1 Å². The zero-order chi connectivity index (χ0) is 18.3. The SMILES string of the molecule is Cc1cccc(O[C@H]2CC[C@@]3(CC2)C(=O)Nc2ccc(C(=O)O)cc23)c1. The molecule has 4 rings (SSSR count). The Morgan fingerprint density at radius 1 is 1.19 bits per heavy atom. The molecule has 2 aliphatic rings. The van der Waals surface area contributed by atoms with Crippen molar-refractivity contribution in [3.8, 4) is 5.75 Å². The van der Waals surface area contributed by atoms with Crippen LogP contribution in [0.15, 0.2) is 42.5 Å². The normalized spacial score (nSPS) is 24.2. The van der Waals surface area contributed by atoms with Gasteiger partial charge in [-0.1, -0.05) is 12.1 Å². The second-order valence-electron chi connectivity index (χ2n) is 7.24. The van der Waals surface area contributed by atoms with Gasteiger partial charge in [0.2, 0.25) is 5.91 Å². The number of hydrogen-bond donors (Lipinski definition) is 2. The van der Waals surface area contributed by atoms with E-state index >= 15 is 0 Å². The van der Waals surface area contributed by atoms with Crippen molar-refractivity contribution in [3.63, 3.8) is 0 Å². The molecular formula is C21H21NO4. The van der Waals surface area contributed by atoms with E-state index in [2.05, 4.69) is 5.32 Å². The second-order valence-corrected chi connectivity index (χ2v) is 7.24. The molecule has 1 spiro atoms. The van der Waals surface area contributed by atoms with Gasteiger partial charge in [0.25, 0.3) is 0 Å². The maximum Gasteiger partial charge on any atom is 0.335 e. The van der Waals surface area contributed by atoms with Crippen molar-refractivity contribution in [1.82, 2.24) is 0 Å². The Hall–Kier alpha value is -2.82. The lowest BCUT2D eigenvalue weighted by Crippen LogP contribution is -2.41. The van der Waals surface area contributed by atoms with E-state index in [-0.39, 0.29) is 17.6 Å². The van der Waals surface area contributed by atoms with Crippen molar-refractivity contribution in [3.05, 3.63) is 59.2 Å². The summed E-state index contributed by atoms with van der Waals surface area (Å²) in [6, 6.07) is 12.9. The second kappa shape index (κ2) is 6.16. The molecule has 26 heavy (non-hydrogen) atoms. The minimum Gasteiger partial charge on any atom is -0.490 e. The number of carboxylic acids is 1. The molecule has 0 bridgehead atoms. The number of anilines is 1. The molecule has 1 fully saturated rings. The molecule has 2 aromatic rings. The fourth-order valence-electron chi connectivity index (χ4n) is 4.13. The highest BCUT2D eigenvalue weighted by atomic mass is 16.5. The summed E-state index contributed by atoms with van der Waals surface area (Å²) in [7, 11) is 0. The van der Waals surface area contributed by atoms with Gasteiger partial charge in [-0.3, -0.25) is 4.79 Å². The minimum atomic E-state index is -0.973. The number of hydrogen-bond acceptors (Lipinski definition) is 3. The molecule has 0 radical (unpaired) electrons. The van der Waals surface area contributed by atoms with E-state index in [0.29, 0.717) is 12.8 Å². The average molecular weight is 351 g/mol. The summed E-state index contributed by atoms with van der Waals surface area (Å²) in [6.07, 6.45) is 2.91. The number of nitrogens with one attached hydrogen (secondary N) is 1. The molecule has 1 aliphatic carbocycles. The number of carbonyl (C=O) groups excluding carboxylic acids is 1. The number of aryl methyl sites for hydroxylation is 1. The summed E-state index contributed by atoms with van der Waals surface area (Å²) in [4.78, 5) is 24.0. The summed E-state index contributed by atoms with van der Waals surface area (Å²) >= 11 is 0. The van der Waals surface area contributed by atoms with Crippen molar-refractivity contribution in [1.29, 1.82) is 0 Å². The van der Waals surface area contributed by atoms with Gasteiger partial charge in [0.15, 0.2) is 0 Å². The van der Waals surface area contributed by atoms with Crippen LogP contribution in [0.2, 0.25) is 0 Å². The largest absolute Gasteiger partial charge is 0.490 e. The number of carbonyl (C=O) groups is 2. The van der Waals surface area contributed by atoms with Crippen LogP contribution >= 0.6 is 0 Å². The fraction of sp³-hybridized carbons (Fsp3) is 0.333. The number of rotatable bonds is 3. The van der Waals surface area contributed by atoms with Crippen molar-refractivity contribution in [2.45, 2.75) is 44.1 Å². The van der Waals surface area contributed by atoms with Gasteiger partial charge in [-0.15, -0.1) is 0 Å². The number of fused-ring (bicyclic) bond motifs is 2. The predicted molar refractivity (Wildman–Crippen MR) is 97.8 cm³/mol. The molecule has 2 aromatic carbocycles. The van der Waals surface area contributed by atoms with E-state index in [1.54, 1.807) is 12.1 Å². The smallest absolute Gasteiger partial charge is 0.335 e. The van der Waals surface area contributed by atoms with E-state index in [1.807, 2.05) is 31.2 Å². The summed E-state index contributed by atoms with van der Waals surface area (Å²) in [5.41, 5.74) is 2.29. The average Bonchev–Trinajstić information content (AvgIpc) is 2.88. The first-order valence-electron chi connectivity index (χ1n) is 8.90. The summed E-state index contributed by atoms with van der Waals surface area (Å²) < 4.78 is 6.10. The molecule has 1 aliphatic heterocycles. The third kappa shape index (κ3) is 2.73. The maximum atomic E-state index is 12.7. The van der Waals surface area contributed by atoms with Crippen molar-refractivity contribution in [2.75, 3.05) is 5.32 Å². The Morgan fingerprint density at radius 3 is 2.65 bits per heavy atom. The molecule has 1 heterocycles. The van der Waals surface area contributed by atoms with Crippen molar-refractivity contribution >= 4 is 17.6 Å². The fourth-order valence-corrected chi connectivity index (χ4v) is 4.13. The highest BCUT2D eigenvalue weighted by molar-refractivity contribution is 6.07. The van der Waals surface area contributed by atoms with Crippen LogP contribution in [0.5, 0.6) is 5.75 Å². The van der Waals surface area contributed by atoms with Crippen LogP contribution in [0.3, 0.4) is 0 Å². The first-order valence-corrected chi connectivity index (χ1v) is 8.90. The Balaban J connectivity index is 1.54. The number of benzene rings is 2. The number of carboxylic acid groups (broad SMARTS) is 1. The molecule has 0 unspecified atom stereocenters. The van der Waals surface area contributed by atoms with Crippen LogP contribution in [0.25, 0.3) is 0 Å². The highest BCUT2D eigenvalue weighted by Crippen LogP contribution is 2.48. The van der Waals surface area contributed by atoms with Gasteiger partial charge in [0.05, 0.1) is 17.1 Å². The van der Waals surface area contributed by atoms with Gasteiger partial charge in [0.1, 0.15) is 5.75 Å². The topological polar surface area (TPSA) is 75.6 Å². The predicted octanol–water partition coefficient (Wildman–Crippen LogP) is 3.90. The van der Waals surface area contributed by atoms with Gasteiger partial charge in [-0.2, -0.15) is 0 Å². The van der Waals surface area contributed by atoms with Gasteiger partial charge < -0.3 is 15.2 Å². The minimum absolute atomic E-state index is 0.0240. The van der Waals surface area contributed by atoms with Gasteiger partial charge in [-0.25, -0.2) is 4.79 Å². The molecule has 134 valence electrons. The van der Waals surface area contributed by atoms with Crippen LogP contribution in [0.4, 0.5) is 5.69 Å². The summed E-state index contributed by atoms with van der Waals surface area (Å²) in [5.74, 6) is -0.141. The first-order chi connectivity index (χ1) is 12.5. The highest BCUT2D eigenvalue weighted by Gasteiger charge is 2.49. The zero-order valence-corrected chi connectivity index (χ0v) is 14.6. The van der Waals surface area contributed by atoms with E-state index < -0.39 is 11.4 Å². The maximum absolute atomic E-state index is 12.7. The van der Waals surface area contributed by atoms with Gasteiger partial charge >= 0.3 is 5.97 Å². The Labute approximate surface area is 152 Å². The van der Waals surface area contributed by atoms with Crippen LogP contribution in [0, 0.1) is 6.92 Å². The lowest BCUT2D eigenvalue weighted by Gasteiger charge is -2.35. The zero-order valence-electron chi connectivity index (χ0n) is 14.6. The number of amides is 1. The lowest BCUT2D eigenvalue weighted by atomic mass is 9.69. The van der Waals surface area contributed by atoms with Crippen LogP contribution < -0.4 is 10.1 Å². The standard InChI is InChI=1S/C21H21NO4/c1-13-3-2-4-16(11-13)26-15-7-9-21(10-8-15)17-12-14(19(23)24)5-6-18(17)22-20(21)25/h2-6,11-12,15H,7-10H2,1H3,(H,22,25)(H,23,24)/t15-,21-. The van der Waals surface area contributed by atoms with Crippen molar-refractivity contribution in [2.24, 2.45) is 0 Å². The first kappa shape index (κ1) is 16.6. The molecule has 0 aromatic heterocycles. The third-order valence-corrected chi connectivity index (χ3v) is 5.54. The van der Waals surface area contributed by atoms with Crippen LogP contribution in [-0.2, 0) is 10.2 Å². The molecule has 5 nitrogen and oxygen atoms in total. The van der Waals surface area contributed by atoms with Crippen LogP contribution in [0.1, 0.15) is 47.2 Å².